The van der Waals surface area contributed by atoms with Crippen LogP contribution in [0.15, 0.2) is 97.1 Å². The molecule has 0 atom stereocenters. The highest BCUT2D eigenvalue weighted by atomic mass is 14.9. The van der Waals surface area contributed by atoms with Gasteiger partial charge in [-0.25, -0.2) is 0 Å². The third kappa shape index (κ3) is 8.65. The molecular formula is C42H52N2. The van der Waals surface area contributed by atoms with Crippen molar-refractivity contribution in [3.63, 3.8) is 0 Å². The molecule has 4 aliphatic carbocycles. The fraction of sp³-hybridized carbons (Fsp3) is 0.381. The van der Waals surface area contributed by atoms with Crippen molar-refractivity contribution in [2.24, 2.45) is 0 Å². The van der Waals surface area contributed by atoms with Gasteiger partial charge in [-0.15, -0.1) is 0 Å². The molecule has 0 aliphatic heterocycles. The number of benzene rings is 1. The van der Waals surface area contributed by atoms with Crippen molar-refractivity contribution >= 4 is 11.4 Å². The molecule has 2 N–H and O–H groups in total. The summed E-state index contributed by atoms with van der Waals surface area (Å²) in [5.41, 5.74) is 12.7. The third-order valence-electron chi connectivity index (χ3n) is 8.93. The minimum atomic E-state index is 0.997. The highest BCUT2D eigenvalue weighted by Gasteiger charge is 2.17. The predicted octanol–water partition coefficient (Wildman–Crippen LogP) is 12.8. The Morgan fingerprint density at radius 1 is 0.364 bits per heavy atom. The van der Waals surface area contributed by atoms with Gasteiger partial charge in [0, 0.05) is 35.6 Å². The first-order valence-corrected chi connectivity index (χ1v) is 17.4. The first kappa shape index (κ1) is 31.6. The van der Waals surface area contributed by atoms with E-state index in [1.165, 1.54) is 133 Å². The van der Waals surface area contributed by atoms with E-state index in [-0.39, 0.29) is 0 Å². The lowest BCUT2D eigenvalue weighted by Crippen LogP contribution is -2.07. The van der Waals surface area contributed by atoms with Gasteiger partial charge in [0.05, 0.1) is 0 Å². The highest BCUT2D eigenvalue weighted by molar-refractivity contribution is 5.95. The van der Waals surface area contributed by atoms with E-state index in [0.29, 0.717) is 0 Å². The van der Waals surface area contributed by atoms with E-state index in [1.54, 1.807) is 0 Å². The van der Waals surface area contributed by atoms with Crippen molar-refractivity contribution in [1.82, 2.24) is 0 Å². The summed E-state index contributed by atoms with van der Waals surface area (Å²) in [6.07, 6.45) is 15.6. The average molecular weight is 585 g/mol. The minimum absolute atomic E-state index is 0.997. The maximum absolute atomic E-state index is 3.90. The van der Waals surface area contributed by atoms with E-state index in [1.807, 2.05) is 0 Å². The van der Waals surface area contributed by atoms with Gasteiger partial charge in [0.25, 0.3) is 0 Å². The highest BCUT2D eigenvalue weighted by Crippen LogP contribution is 2.43. The second-order valence-electron chi connectivity index (χ2n) is 12.5. The van der Waals surface area contributed by atoms with Crippen LogP contribution in [0, 0.1) is 0 Å². The number of unbranched alkanes of at least 4 members (excludes halogenated alkanes) is 10. The van der Waals surface area contributed by atoms with Gasteiger partial charge < -0.3 is 10.6 Å². The Morgan fingerprint density at radius 2 is 0.705 bits per heavy atom. The Morgan fingerprint density at radius 3 is 1.07 bits per heavy atom. The molecule has 0 bridgehead atoms. The minimum Gasteiger partial charge on any atom is -0.385 e. The molecule has 44 heavy (non-hydrogen) atoms. The normalized spacial score (nSPS) is 11.3. The van der Waals surface area contributed by atoms with E-state index in [2.05, 4.69) is 122 Å². The van der Waals surface area contributed by atoms with Gasteiger partial charge in [-0.1, -0.05) is 139 Å². The molecule has 0 fully saturated rings. The van der Waals surface area contributed by atoms with E-state index in [0.717, 1.165) is 13.1 Å². The van der Waals surface area contributed by atoms with Crippen LogP contribution in [0.25, 0.3) is 44.5 Å². The standard InChI is InChI=1S/C42H52N2/c1-3-5-7-9-11-19-25-43-41-31-40(38-29-35-23-17-14-18-24-36(35)30-38)42(44-26-20-12-10-8-6-4-2)32-39(41)37-27-33-21-15-13-16-22-34(33)28-37/h13-18,21-24,27-32,43-44H,3-12,19-20,25-26H2,1-2H3. The van der Waals surface area contributed by atoms with Crippen LogP contribution in [-0.2, 0) is 0 Å². The lowest BCUT2D eigenvalue weighted by Gasteiger charge is -2.19. The summed E-state index contributed by atoms with van der Waals surface area (Å²) in [6, 6.07) is 35.9. The molecule has 0 radical (unpaired) electrons. The summed E-state index contributed by atoms with van der Waals surface area (Å²) >= 11 is 0. The molecule has 0 saturated carbocycles. The van der Waals surface area contributed by atoms with Crippen LogP contribution in [0.1, 0.15) is 90.9 Å². The van der Waals surface area contributed by atoms with Crippen molar-refractivity contribution in [2.45, 2.75) is 90.9 Å². The van der Waals surface area contributed by atoms with E-state index in [9.17, 15) is 0 Å². The van der Waals surface area contributed by atoms with Gasteiger partial charge in [0.1, 0.15) is 0 Å². The topological polar surface area (TPSA) is 24.1 Å². The van der Waals surface area contributed by atoms with Crippen molar-refractivity contribution < 1.29 is 0 Å². The second-order valence-corrected chi connectivity index (χ2v) is 12.5. The molecule has 0 heterocycles. The number of nitrogens with one attached hydrogen (secondary N) is 2. The molecular weight excluding hydrogens is 532 g/mol. The van der Waals surface area contributed by atoms with Crippen LogP contribution in [0.2, 0.25) is 0 Å². The lowest BCUT2D eigenvalue weighted by atomic mass is 9.97. The predicted molar refractivity (Wildman–Crippen MR) is 194 cm³/mol. The van der Waals surface area contributed by atoms with Gasteiger partial charge >= 0.3 is 0 Å². The Kier molecular flexibility index (Phi) is 12.2. The Balaban J connectivity index is 1.49. The summed E-state index contributed by atoms with van der Waals surface area (Å²) in [6.45, 7) is 6.57. The molecule has 2 heteroatoms. The van der Waals surface area contributed by atoms with Gasteiger partial charge in [-0.3, -0.25) is 0 Å². The quantitative estimate of drug-likeness (QED) is 0.100. The molecule has 5 rings (SSSR count). The van der Waals surface area contributed by atoms with Crippen LogP contribution in [0.3, 0.4) is 0 Å². The summed E-state index contributed by atoms with van der Waals surface area (Å²) in [4.78, 5) is 0. The van der Waals surface area contributed by atoms with Crippen LogP contribution < -0.4 is 10.6 Å². The molecule has 1 aromatic carbocycles. The van der Waals surface area contributed by atoms with Crippen LogP contribution in [0.4, 0.5) is 11.4 Å². The van der Waals surface area contributed by atoms with Crippen LogP contribution >= 0.6 is 0 Å². The zero-order chi connectivity index (χ0) is 30.4. The molecule has 230 valence electrons. The van der Waals surface area contributed by atoms with Gasteiger partial charge in [0.2, 0.25) is 0 Å². The number of anilines is 2. The Labute approximate surface area is 267 Å². The average Bonchev–Trinajstić information content (AvgIpc) is 3.47. The van der Waals surface area contributed by atoms with Gasteiger partial charge in [0.15, 0.2) is 0 Å². The Bertz CT molecular complexity index is 1330. The monoisotopic (exact) mass is 584 g/mol. The third-order valence-corrected chi connectivity index (χ3v) is 8.93. The first-order valence-electron chi connectivity index (χ1n) is 17.4. The maximum atomic E-state index is 3.90. The molecule has 0 spiro atoms. The summed E-state index contributed by atoms with van der Waals surface area (Å²) < 4.78 is 0. The fourth-order valence-corrected chi connectivity index (χ4v) is 6.37. The number of hydrogen-bond donors (Lipinski definition) is 2. The van der Waals surface area contributed by atoms with Crippen LogP contribution in [0.5, 0.6) is 0 Å². The molecule has 1 aromatic rings. The molecule has 0 aromatic heterocycles. The Hall–Kier alpha value is -3.78. The van der Waals surface area contributed by atoms with E-state index < -0.39 is 0 Å². The van der Waals surface area contributed by atoms with E-state index >= 15 is 0 Å². The SMILES string of the molecule is CCCCCCCCNc1cc(-c2cc3cccccc-3c2)c(NCCCCCCCC)cc1-c1cc2cccccc-2c1. The number of rotatable bonds is 18. The van der Waals surface area contributed by atoms with E-state index in [4.69, 9.17) is 0 Å². The molecule has 0 saturated heterocycles. The molecule has 0 unspecified atom stereocenters. The van der Waals surface area contributed by atoms with Gasteiger partial charge in [-0.05, 0) is 82.6 Å². The number of hydrogen-bond acceptors (Lipinski definition) is 2. The second kappa shape index (κ2) is 16.9. The van der Waals surface area contributed by atoms with Gasteiger partial charge in [-0.2, -0.15) is 0 Å². The first-order chi connectivity index (χ1) is 21.8. The summed E-state index contributed by atoms with van der Waals surface area (Å²) in [5.74, 6) is 0. The van der Waals surface area contributed by atoms with Crippen molar-refractivity contribution in [1.29, 1.82) is 0 Å². The summed E-state index contributed by atoms with van der Waals surface area (Å²) in [7, 11) is 0. The number of fused-ring (bicyclic) bond motifs is 2. The smallest absolute Gasteiger partial charge is 0.0427 e. The van der Waals surface area contributed by atoms with Crippen LogP contribution in [-0.4, -0.2) is 13.1 Å². The summed E-state index contributed by atoms with van der Waals surface area (Å²) in [5, 5.41) is 7.79. The van der Waals surface area contributed by atoms with Crippen molar-refractivity contribution in [2.75, 3.05) is 23.7 Å². The van der Waals surface area contributed by atoms with Crippen molar-refractivity contribution in [3.8, 4) is 44.5 Å². The molecule has 4 aliphatic rings. The molecule has 0 amide bonds. The fourth-order valence-electron chi connectivity index (χ4n) is 6.37. The zero-order valence-electron chi connectivity index (χ0n) is 27.1. The molecule has 2 nitrogen and oxygen atoms in total. The lowest BCUT2D eigenvalue weighted by molar-refractivity contribution is 0.617. The largest absolute Gasteiger partial charge is 0.385 e. The van der Waals surface area contributed by atoms with Crippen molar-refractivity contribution in [3.05, 3.63) is 97.1 Å². The zero-order valence-corrected chi connectivity index (χ0v) is 27.1. The maximum Gasteiger partial charge on any atom is 0.0427 e.